The zero-order valence-corrected chi connectivity index (χ0v) is 21.9. The molecule has 0 saturated carbocycles. The van der Waals surface area contributed by atoms with Gasteiger partial charge in [-0.25, -0.2) is 8.42 Å². The molecule has 5 rings (SSSR count). The normalized spacial score (nSPS) is 18.1. The summed E-state index contributed by atoms with van der Waals surface area (Å²) >= 11 is 0. The van der Waals surface area contributed by atoms with E-state index in [1.165, 1.54) is 29.1 Å². The van der Waals surface area contributed by atoms with Gasteiger partial charge in [-0.15, -0.1) is 0 Å². The van der Waals surface area contributed by atoms with E-state index in [1.807, 2.05) is 31.2 Å². The van der Waals surface area contributed by atoms with Gasteiger partial charge in [0.25, 0.3) is 15.9 Å². The molecule has 2 aliphatic rings. The smallest absolute Gasteiger partial charge is 0.264 e. The molecule has 3 aromatic carbocycles. The number of anilines is 1. The third-order valence-corrected chi connectivity index (χ3v) is 8.82. The third kappa shape index (κ3) is 5.65. The molecule has 1 fully saturated rings. The van der Waals surface area contributed by atoms with E-state index in [0.29, 0.717) is 18.0 Å². The molecule has 8 heteroatoms. The van der Waals surface area contributed by atoms with Gasteiger partial charge in [-0.1, -0.05) is 55.0 Å². The van der Waals surface area contributed by atoms with Crippen molar-refractivity contribution in [1.29, 1.82) is 0 Å². The Morgan fingerprint density at radius 3 is 2.41 bits per heavy atom. The van der Waals surface area contributed by atoms with E-state index >= 15 is 0 Å². The molecule has 1 saturated heterocycles. The number of piperidine rings is 1. The standard InChI is InChI=1S/C29H33N3O4S/c1-22-14-15-27-26(18-22)32(37(34,35)25-12-4-2-5-13-25)21-28(36-27)29(33)30-19-23-10-6-7-11-24(23)20-31-16-8-3-9-17-31/h2,4-7,10-15,18,28H,3,8-9,16-17,19-21H2,1H3,(H,30,33)/t28-/m1/s1. The van der Waals surface area contributed by atoms with Gasteiger partial charge >= 0.3 is 0 Å². The molecule has 0 bridgehead atoms. The van der Waals surface area contributed by atoms with Crippen LogP contribution in [-0.4, -0.2) is 45.0 Å². The van der Waals surface area contributed by atoms with Gasteiger partial charge in [-0.3, -0.25) is 14.0 Å². The average Bonchev–Trinajstić information content (AvgIpc) is 2.93. The first-order valence-electron chi connectivity index (χ1n) is 12.8. The Morgan fingerprint density at radius 2 is 1.65 bits per heavy atom. The number of ether oxygens (including phenoxy) is 1. The van der Waals surface area contributed by atoms with Gasteiger partial charge in [0.1, 0.15) is 5.75 Å². The highest BCUT2D eigenvalue weighted by Gasteiger charge is 2.37. The lowest BCUT2D eigenvalue weighted by atomic mass is 10.0. The first-order chi connectivity index (χ1) is 17.9. The van der Waals surface area contributed by atoms with Crippen LogP contribution in [0.1, 0.15) is 36.0 Å². The van der Waals surface area contributed by atoms with Crippen molar-refractivity contribution < 1.29 is 17.9 Å². The molecule has 1 N–H and O–H groups in total. The van der Waals surface area contributed by atoms with Gasteiger partial charge in [0.05, 0.1) is 17.1 Å². The first-order valence-corrected chi connectivity index (χ1v) is 14.3. The first kappa shape index (κ1) is 25.3. The molecule has 2 heterocycles. The molecular weight excluding hydrogens is 486 g/mol. The summed E-state index contributed by atoms with van der Waals surface area (Å²) in [5, 5.41) is 3.00. The minimum Gasteiger partial charge on any atom is -0.476 e. The van der Waals surface area contributed by atoms with Crippen LogP contribution < -0.4 is 14.4 Å². The number of carbonyl (C=O) groups excluding carboxylic acids is 1. The van der Waals surface area contributed by atoms with Crippen molar-refractivity contribution >= 4 is 21.6 Å². The van der Waals surface area contributed by atoms with Crippen LogP contribution >= 0.6 is 0 Å². The van der Waals surface area contributed by atoms with Gasteiger partial charge in [-0.2, -0.15) is 0 Å². The van der Waals surface area contributed by atoms with Crippen LogP contribution in [0.4, 0.5) is 5.69 Å². The third-order valence-electron chi connectivity index (χ3n) is 7.02. The molecule has 1 amide bonds. The van der Waals surface area contributed by atoms with E-state index in [4.69, 9.17) is 4.74 Å². The number of benzene rings is 3. The molecule has 3 aromatic rings. The van der Waals surface area contributed by atoms with Gasteiger partial charge < -0.3 is 10.1 Å². The van der Waals surface area contributed by atoms with Gasteiger partial charge in [0.15, 0.2) is 6.10 Å². The van der Waals surface area contributed by atoms with E-state index in [0.717, 1.165) is 30.8 Å². The number of nitrogens with zero attached hydrogens (tertiary/aromatic N) is 2. The summed E-state index contributed by atoms with van der Waals surface area (Å²) in [5.74, 6) is 0.0364. The Balaban J connectivity index is 1.34. The van der Waals surface area contributed by atoms with Crippen molar-refractivity contribution in [2.75, 3.05) is 23.9 Å². The topological polar surface area (TPSA) is 79.0 Å². The molecular formula is C29H33N3O4S. The Kier molecular flexibility index (Phi) is 7.48. The summed E-state index contributed by atoms with van der Waals surface area (Å²) in [5.41, 5.74) is 3.61. The van der Waals surface area contributed by atoms with Crippen LogP contribution in [0.2, 0.25) is 0 Å². The Morgan fingerprint density at radius 1 is 0.946 bits per heavy atom. The maximum atomic E-state index is 13.6. The fourth-order valence-electron chi connectivity index (χ4n) is 4.98. The minimum absolute atomic E-state index is 0.102. The van der Waals surface area contributed by atoms with Gasteiger partial charge in [0, 0.05) is 13.1 Å². The Labute approximate surface area is 219 Å². The zero-order chi connectivity index (χ0) is 25.8. The number of carbonyl (C=O) groups is 1. The number of likely N-dealkylation sites (tertiary alicyclic amines) is 1. The van der Waals surface area contributed by atoms with E-state index in [-0.39, 0.29) is 17.3 Å². The summed E-state index contributed by atoms with van der Waals surface area (Å²) in [4.78, 5) is 15.9. The number of hydrogen-bond donors (Lipinski definition) is 1. The van der Waals surface area contributed by atoms with Crippen LogP contribution in [0.3, 0.4) is 0 Å². The molecule has 0 aliphatic carbocycles. The number of aryl methyl sites for hydroxylation is 1. The van der Waals surface area contributed by atoms with Crippen molar-refractivity contribution in [2.24, 2.45) is 0 Å². The largest absolute Gasteiger partial charge is 0.476 e. The average molecular weight is 520 g/mol. The van der Waals surface area contributed by atoms with Crippen molar-refractivity contribution in [3.05, 3.63) is 89.5 Å². The lowest BCUT2D eigenvalue weighted by Crippen LogP contribution is -2.50. The van der Waals surface area contributed by atoms with Crippen LogP contribution in [-0.2, 0) is 27.9 Å². The summed E-state index contributed by atoms with van der Waals surface area (Å²) in [7, 11) is -3.88. The van der Waals surface area contributed by atoms with Crippen molar-refractivity contribution in [3.8, 4) is 5.75 Å². The summed E-state index contributed by atoms with van der Waals surface area (Å²) in [6.45, 7) is 5.21. The van der Waals surface area contributed by atoms with Crippen LogP contribution in [0, 0.1) is 6.92 Å². The maximum Gasteiger partial charge on any atom is 0.264 e. The number of amides is 1. The van der Waals surface area contributed by atoms with E-state index in [2.05, 4.69) is 16.3 Å². The Bertz CT molecular complexity index is 1350. The summed E-state index contributed by atoms with van der Waals surface area (Å²) in [6.07, 6.45) is 2.76. The highest BCUT2D eigenvalue weighted by atomic mass is 32.2. The molecule has 0 radical (unpaired) electrons. The van der Waals surface area contributed by atoms with Crippen LogP contribution in [0.15, 0.2) is 77.7 Å². The molecule has 0 aromatic heterocycles. The van der Waals surface area contributed by atoms with E-state index < -0.39 is 16.1 Å². The molecule has 0 spiro atoms. The molecule has 2 aliphatic heterocycles. The highest BCUT2D eigenvalue weighted by Crippen LogP contribution is 2.37. The summed E-state index contributed by atoms with van der Waals surface area (Å²) in [6, 6.07) is 21.8. The number of nitrogens with one attached hydrogen (secondary N) is 1. The number of rotatable bonds is 7. The Hall–Kier alpha value is -3.36. The SMILES string of the molecule is Cc1ccc2c(c1)N(S(=O)(=O)c1ccccc1)C[C@H](C(=O)NCc1ccccc1CN1CCCCC1)O2. The van der Waals surface area contributed by atoms with Crippen LogP contribution in [0.25, 0.3) is 0 Å². The van der Waals surface area contributed by atoms with Gasteiger partial charge in [0.2, 0.25) is 0 Å². The second kappa shape index (κ2) is 10.9. The maximum absolute atomic E-state index is 13.6. The fourth-order valence-corrected chi connectivity index (χ4v) is 6.47. The number of hydrogen-bond acceptors (Lipinski definition) is 5. The lowest BCUT2D eigenvalue weighted by molar-refractivity contribution is -0.127. The molecule has 1 atom stereocenters. The van der Waals surface area contributed by atoms with Gasteiger partial charge in [-0.05, 0) is 73.8 Å². The number of sulfonamides is 1. The molecule has 7 nitrogen and oxygen atoms in total. The quantitative estimate of drug-likeness (QED) is 0.505. The van der Waals surface area contributed by atoms with Crippen molar-refractivity contribution in [3.63, 3.8) is 0 Å². The number of fused-ring (bicyclic) bond motifs is 1. The second-order valence-electron chi connectivity index (χ2n) is 9.75. The molecule has 194 valence electrons. The van der Waals surface area contributed by atoms with E-state index in [9.17, 15) is 13.2 Å². The summed E-state index contributed by atoms with van der Waals surface area (Å²) < 4.78 is 34.5. The fraction of sp³-hybridized carbons (Fsp3) is 0.345. The van der Waals surface area contributed by atoms with Crippen molar-refractivity contribution in [2.45, 2.75) is 50.3 Å². The zero-order valence-electron chi connectivity index (χ0n) is 21.1. The molecule has 37 heavy (non-hydrogen) atoms. The lowest BCUT2D eigenvalue weighted by Gasteiger charge is -2.35. The predicted molar refractivity (Wildman–Crippen MR) is 144 cm³/mol. The van der Waals surface area contributed by atoms with Crippen molar-refractivity contribution in [1.82, 2.24) is 10.2 Å². The molecule has 0 unspecified atom stereocenters. The highest BCUT2D eigenvalue weighted by molar-refractivity contribution is 7.92. The van der Waals surface area contributed by atoms with Crippen LogP contribution in [0.5, 0.6) is 5.75 Å². The monoisotopic (exact) mass is 519 g/mol. The predicted octanol–water partition coefficient (Wildman–Crippen LogP) is 4.25. The van der Waals surface area contributed by atoms with E-state index in [1.54, 1.807) is 42.5 Å². The minimum atomic E-state index is -3.88. The second-order valence-corrected chi connectivity index (χ2v) is 11.6.